The lowest BCUT2D eigenvalue weighted by molar-refractivity contribution is 1.09. The zero-order valence-electron chi connectivity index (χ0n) is 6.46. The summed E-state index contributed by atoms with van der Waals surface area (Å²) in [6.07, 6.45) is 6.49. The Morgan fingerprint density at radius 1 is 1.08 bits per heavy atom. The predicted octanol–water partition coefficient (Wildman–Crippen LogP) is 2.78. The van der Waals surface area contributed by atoms with Gasteiger partial charge in [-0.05, 0) is 0 Å². The number of rotatable bonds is 1. The molecule has 0 unspecified atom stereocenters. The van der Waals surface area contributed by atoms with Gasteiger partial charge in [0.25, 0.3) is 0 Å². The molecule has 3 nitrogen and oxygen atoms in total. The third-order valence-electron chi connectivity index (χ3n) is 1.64. The van der Waals surface area contributed by atoms with Crippen LogP contribution in [-0.4, -0.2) is 15.2 Å². The highest BCUT2D eigenvalue weighted by Crippen LogP contribution is 2.32. The van der Waals surface area contributed by atoms with Crippen LogP contribution < -0.4 is 0 Å². The second kappa shape index (κ2) is 3.36. The smallest absolute Gasteiger partial charge is 0.0683 e. The molecule has 13 heavy (non-hydrogen) atoms. The molecule has 0 radical (unpaired) electrons. The van der Waals surface area contributed by atoms with Gasteiger partial charge in [-0.1, -0.05) is 23.2 Å². The van der Waals surface area contributed by atoms with Crippen LogP contribution in [0.1, 0.15) is 0 Å². The lowest BCUT2D eigenvalue weighted by atomic mass is 10.1. The van der Waals surface area contributed by atoms with Crippen LogP contribution in [0.15, 0.2) is 24.8 Å². The van der Waals surface area contributed by atoms with Gasteiger partial charge in [0.1, 0.15) is 0 Å². The number of H-pyrrole nitrogens is 1. The molecule has 0 aliphatic carbocycles. The van der Waals surface area contributed by atoms with Gasteiger partial charge in [0.05, 0.1) is 16.2 Å². The van der Waals surface area contributed by atoms with Crippen LogP contribution >= 0.6 is 23.2 Å². The molecule has 0 aromatic carbocycles. The summed E-state index contributed by atoms with van der Waals surface area (Å²) in [6.45, 7) is 0. The quantitative estimate of drug-likeness (QED) is 0.792. The normalized spacial score (nSPS) is 10.3. The minimum absolute atomic E-state index is 0.522. The van der Waals surface area contributed by atoms with Gasteiger partial charge in [-0.2, -0.15) is 5.10 Å². The van der Waals surface area contributed by atoms with Crippen molar-refractivity contribution in [2.45, 2.75) is 0 Å². The van der Waals surface area contributed by atoms with Crippen LogP contribution in [-0.2, 0) is 0 Å². The fourth-order valence-corrected chi connectivity index (χ4v) is 1.66. The molecule has 0 fully saturated rings. The van der Waals surface area contributed by atoms with Gasteiger partial charge in [-0.25, -0.2) is 0 Å². The van der Waals surface area contributed by atoms with Gasteiger partial charge < -0.3 is 0 Å². The fourth-order valence-electron chi connectivity index (χ4n) is 1.07. The largest absolute Gasteiger partial charge is 0.285 e. The Hall–Kier alpha value is -1.06. The van der Waals surface area contributed by atoms with Gasteiger partial charge in [0.15, 0.2) is 0 Å². The zero-order valence-corrected chi connectivity index (χ0v) is 7.97. The number of nitrogens with one attached hydrogen (secondary N) is 1. The standard InChI is InChI=1S/C8H5Cl2N3/c9-6-3-11-4-7(10)8(6)5-1-12-13-2-5/h1-4H,(H,12,13). The minimum Gasteiger partial charge on any atom is -0.285 e. The van der Waals surface area contributed by atoms with E-state index in [9.17, 15) is 0 Å². The molecule has 0 spiro atoms. The second-order valence-corrected chi connectivity index (χ2v) is 3.28. The van der Waals surface area contributed by atoms with Crippen LogP contribution in [0.5, 0.6) is 0 Å². The number of aromatic nitrogens is 3. The summed E-state index contributed by atoms with van der Waals surface area (Å²) >= 11 is 11.9. The van der Waals surface area contributed by atoms with E-state index in [1.807, 2.05) is 0 Å². The number of halogens is 2. The maximum absolute atomic E-state index is 5.93. The molecule has 2 rings (SSSR count). The van der Waals surface area contributed by atoms with Crippen molar-refractivity contribution in [2.24, 2.45) is 0 Å². The average molecular weight is 214 g/mol. The zero-order chi connectivity index (χ0) is 9.26. The molecule has 0 atom stereocenters. The highest BCUT2D eigenvalue weighted by Gasteiger charge is 2.08. The van der Waals surface area contributed by atoms with E-state index in [0.717, 1.165) is 11.1 Å². The molecule has 2 heterocycles. The van der Waals surface area contributed by atoms with Crippen molar-refractivity contribution in [3.05, 3.63) is 34.8 Å². The van der Waals surface area contributed by atoms with Crippen LogP contribution in [0, 0.1) is 0 Å². The summed E-state index contributed by atoms with van der Waals surface area (Å²) in [5.41, 5.74) is 1.62. The fraction of sp³-hybridized carbons (Fsp3) is 0. The molecule has 0 bridgehead atoms. The summed E-state index contributed by atoms with van der Waals surface area (Å²) in [7, 11) is 0. The van der Waals surface area contributed by atoms with Crippen molar-refractivity contribution in [1.82, 2.24) is 15.2 Å². The number of aromatic amines is 1. The first kappa shape index (κ1) is 8.53. The van der Waals surface area contributed by atoms with Gasteiger partial charge in [-0.15, -0.1) is 0 Å². The molecule has 5 heteroatoms. The van der Waals surface area contributed by atoms with Crippen molar-refractivity contribution in [1.29, 1.82) is 0 Å². The van der Waals surface area contributed by atoms with E-state index in [2.05, 4.69) is 15.2 Å². The van der Waals surface area contributed by atoms with Crippen molar-refractivity contribution in [3.8, 4) is 11.1 Å². The van der Waals surface area contributed by atoms with Crippen molar-refractivity contribution < 1.29 is 0 Å². The predicted molar refractivity (Wildman–Crippen MR) is 51.8 cm³/mol. The van der Waals surface area contributed by atoms with E-state index in [4.69, 9.17) is 23.2 Å². The summed E-state index contributed by atoms with van der Waals surface area (Å²) in [5, 5.41) is 7.56. The summed E-state index contributed by atoms with van der Waals surface area (Å²) in [4.78, 5) is 3.86. The number of pyridine rings is 1. The van der Waals surface area contributed by atoms with Crippen molar-refractivity contribution in [3.63, 3.8) is 0 Å². The van der Waals surface area contributed by atoms with Crippen molar-refractivity contribution >= 4 is 23.2 Å². The Labute approximate surface area is 84.7 Å². The highest BCUT2D eigenvalue weighted by atomic mass is 35.5. The first-order chi connectivity index (χ1) is 6.29. The van der Waals surface area contributed by atoms with Gasteiger partial charge >= 0.3 is 0 Å². The summed E-state index contributed by atoms with van der Waals surface area (Å²) in [5.74, 6) is 0. The summed E-state index contributed by atoms with van der Waals surface area (Å²) < 4.78 is 0. The molecule has 66 valence electrons. The molecular weight excluding hydrogens is 209 g/mol. The van der Waals surface area contributed by atoms with Gasteiger partial charge in [-0.3, -0.25) is 10.1 Å². The highest BCUT2D eigenvalue weighted by molar-refractivity contribution is 6.38. The molecule has 0 aliphatic heterocycles. The molecule has 0 saturated carbocycles. The lowest BCUT2D eigenvalue weighted by Gasteiger charge is -2.01. The molecule has 0 amide bonds. The number of nitrogens with zero attached hydrogens (tertiary/aromatic N) is 2. The van der Waals surface area contributed by atoms with Crippen LogP contribution in [0.2, 0.25) is 10.0 Å². The first-order valence-corrected chi connectivity index (χ1v) is 4.33. The third-order valence-corrected chi connectivity index (χ3v) is 2.21. The Bertz CT molecular complexity index is 391. The Kier molecular flexibility index (Phi) is 2.20. The average Bonchev–Trinajstić information content (AvgIpc) is 2.57. The monoisotopic (exact) mass is 213 g/mol. The molecule has 2 aromatic heterocycles. The van der Waals surface area contributed by atoms with Crippen LogP contribution in [0.3, 0.4) is 0 Å². The lowest BCUT2D eigenvalue weighted by Crippen LogP contribution is -1.81. The van der Waals surface area contributed by atoms with E-state index >= 15 is 0 Å². The molecular formula is C8H5Cl2N3. The van der Waals surface area contributed by atoms with E-state index in [1.54, 1.807) is 24.8 Å². The van der Waals surface area contributed by atoms with Gasteiger partial charge in [0, 0.05) is 29.7 Å². The number of hydrogen-bond acceptors (Lipinski definition) is 2. The van der Waals surface area contributed by atoms with E-state index < -0.39 is 0 Å². The molecule has 0 saturated heterocycles. The molecule has 0 aliphatic rings. The first-order valence-electron chi connectivity index (χ1n) is 3.57. The van der Waals surface area contributed by atoms with Crippen LogP contribution in [0.25, 0.3) is 11.1 Å². The Morgan fingerprint density at radius 3 is 2.31 bits per heavy atom. The summed E-state index contributed by atoms with van der Waals surface area (Å²) in [6, 6.07) is 0. The topological polar surface area (TPSA) is 41.6 Å². The number of hydrogen-bond donors (Lipinski definition) is 1. The SMILES string of the molecule is Clc1cncc(Cl)c1-c1cn[nH]c1. The van der Waals surface area contributed by atoms with E-state index in [-0.39, 0.29) is 0 Å². The maximum atomic E-state index is 5.93. The molecule has 1 N–H and O–H groups in total. The second-order valence-electron chi connectivity index (χ2n) is 2.47. The minimum atomic E-state index is 0.522. The maximum Gasteiger partial charge on any atom is 0.0683 e. The Morgan fingerprint density at radius 2 is 1.77 bits per heavy atom. The third kappa shape index (κ3) is 1.53. The van der Waals surface area contributed by atoms with E-state index in [0.29, 0.717) is 10.0 Å². The van der Waals surface area contributed by atoms with Crippen molar-refractivity contribution in [2.75, 3.05) is 0 Å². The van der Waals surface area contributed by atoms with Gasteiger partial charge in [0.2, 0.25) is 0 Å². The molecule has 2 aromatic rings. The van der Waals surface area contributed by atoms with Crippen LogP contribution in [0.4, 0.5) is 0 Å². The Balaban J connectivity index is 2.64. The van der Waals surface area contributed by atoms with E-state index in [1.165, 1.54) is 0 Å².